The van der Waals surface area contributed by atoms with E-state index in [9.17, 15) is 4.79 Å². The molecule has 2 heteroatoms. The number of rotatable bonds is 0. The fourth-order valence-corrected chi connectivity index (χ4v) is 2.64. The van der Waals surface area contributed by atoms with Gasteiger partial charge in [-0.3, -0.25) is 4.79 Å². The van der Waals surface area contributed by atoms with Crippen LogP contribution < -0.4 is 0 Å². The van der Waals surface area contributed by atoms with Crippen LogP contribution in [0.5, 0.6) is 0 Å². The number of carbonyl (C=O) groups excluding carboxylic acids is 1. The number of allylic oxidation sites excluding steroid dienone is 1. The van der Waals surface area contributed by atoms with Crippen LogP contribution in [0.1, 0.15) is 13.8 Å². The minimum absolute atomic E-state index is 0.222. The van der Waals surface area contributed by atoms with Gasteiger partial charge in [0, 0.05) is 24.9 Å². The average Bonchev–Trinajstić information content (AvgIpc) is 2.32. The molecule has 0 spiro atoms. The van der Waals surface area contributed by atoms with Crippen molar-refractivity contribution in [1.82, 2.24) is 4.90 Å². The number of fused-ring (bicyclic) bond motifs is 1. The SMILES string of the molecule is C[C@H]1CN(C)C[C@@H]2C1=CC(=O)[C@@H]2C. The van der Waals surface area contributed by atoms with E-state index in [2.05, 4.69) is 25.8 Å². The van der Waals surface area contributed by atoms with Crippen molar-refractivity contribution >= 4 is 5.78 Å². The molecule has 0 radical (unpaired) electrons. The predicted molar refractivity (Wildman–Crippen MR) is 52.4 cm³/mol. The zero-order chi connectivity index (χ0) is 9.59. The second-order valence-corrected chi connectivity index (χ2v) is 4.56. The van der Waals surface area contributed by atoms with Gasteiger partial charge in [-0.2, -0.15) is 0 Å². The summed E-state index contributed by atoms with van der Waals surface area (Å²) in [7, 11) is 2.14. The highest BCUT2D eigenvalue weighted by Gasteiger charge is 2.38. The monoisotopic (exact) mass is 179 g/mol. The van der Waals surface area contributed by atoms with Gasteiger partial charge in [0.05, 0.1) is 0 Å². The molecule has 1 aliphatic heterocycles. The maximum absolute atomic E-state index is 11.5. The molecular weight excluding hydrogens is 162 g/mol. The summed E-state index contributed by atoms with van der Waals surface area (Å²) in [5, 5.41) is 0. The molecule has 0 amide bonds. The summed E-state index contributed by atoms with van der Waals surface area (Å²) in [5.41, 5.74) is 1.40. The molecule has 0 aromatic rings. The van der Waals surface area contributed by atoms with Crippen molar-refractivity contribution in [2.24, 2.45) is 17.8 Å². The van der Waals surface area contributed by atoms with Crippen LogP contribution in [0.25, 0.3) is 0 Å². The summed E-state index contributed by atoms with van der Waals surface area (Å²) in [6.07, 6.45) is 1.90. The molecule has 2 aliphatic rings. The Morgan fingerprint density at radius 2 is 2.08 bits per heavy atom. The molecule has 3 atom stereocenters. The summed E-state index contributed by atoms with van der Waals surface area (Å²) in [6, 6.07) is 0. The number of hydrogen-bond donors (Lipinski definition) is 0. The number of hydrogen-bond acceptors (Lipinski definition) is 2. The first-order chi connectivity index (χ1) is 6.09. The Morgan fingerprint density at radius 3 is 2.77 bits per heavy atom. The topological polar surface area (TPSA) is 20.3 Å². The smallest absolute Gasteiger partial charge is 0.159 e. The van der Waals surface area contributed by atoms with Crippen molar-refractivity contribution in [3.8, 4) is 0 Å². The second-order valence-electron chi connectivity index (χ2n) is 4.56. The van der Waals surface area contributed by atoms with E-state index in [1.54, 1.807) is 0 Å². The Morgan fingerprint density at radius 1 is 1.38 bits per heavy atom. The van der Waals surface area contributed by atoms with Crippen LogP contribution in [-0.2, 0) is 4.79 Å². The molecule has 0 aromatic heterocycles. The van der Waals surface area contributed by atoms with E-state index < -0.39 is 0 Å². The Bertz CT molecular complexity index is 269. The molecule has 0 bridgehead atoms. The lowest BCUT2D eigenvalue weighted by molar-refractivity contribution is -0.117. The van der Waals surface area contributed by atoms with Crippen LogP contribution in [-0.4, -0.2) is 30.8 Å². The van der Waals surface area contributed by atoms with E-state index in [1.807, 2.05) is 6.08 Å². The maximum Gasteiger partial charge on any atom is 0.159 e. The lowest BCUT2D eigenvalue weighted by atomic mass is 9.82. The van der Waals surface area contributed by atoms with Gasteiger partial charge < -0.3 is 4.90 Å². The third-order valence-electron chi connectivity index (χ3n) is 3.45. The minimum atomic E-state index is 0.222. The first kappa shape index (κ1) is 8.95. The van der Waals surface area contributed by atoms with Crippen LogP contribution in [0.3, 0.4) is 0 Å². The van der Waals surface area contributed by atoms with E-state index in [0.717, 1.165) is 13.1 Å². The van der Waals surface area contributed by atoms with Crippen LogP contribution in [0.2, 0.25) is 0 Å². The minimum Gasteiger partial charge on any atom is -0.305 e. The van der Waals surface area contributed by atoms with Crippen LogP contribution in [0.4, 0.5) is 0 Å². The zero-order valence-corrected chi connectivity index (χ0v) is 8.58. The first-order valence-corrected chi connectivity index (χ1v) is 5.03. The molecule has 1 heterocycles. The van der Waals surface area contributed by atoms with Gasteiger partial charge in [0.25, 0.3) is 0 Å². The number of carbonyl (C=O) groups is 1. The number of piperidine rings is 1. The van der Waals surface area contributed by atoms with E-state index >= 15 is 0 Å². The van der Waals surface area contributed by atoms with Gasteiger partial charge in [-0.1, -0.05) is 19.4 Å². The van der Waals surface area contributed by atoms with Crippen molar-refractivity contribution in [3.63, 3.8) is 0 Å². The van der Waals surface area contributed by atoms with Gasteiger partial charge in [-0.15, -0.1) is 0 Å². The highest BCUT2D eigenvalue weighted by Crippen LogP contribution is 2.37. The quantitative estimate of drug-likeness (QED) is 0.559. The Hall–Kier alpha value is -0.630. The molecule has 2 rings (SSSR count). The Labute approximate surface area is 79.6 Å². The summed E-state index contributed by atoms with van der Waals surface area (Å²) >= 11 is 0. The highest BCUT2D eigenvalue weighted by molar-refractivity contribution is 5.95. The van der Waals surface area contributed by atoms with Gasteiger partial charge in [0.2, 0.25) is 0 Å². The van der Waals surface area contributed by atoms with Gasteiger partial charge in [0.15, 0.2) is 5.78 Å². The van der Waals surface area contributed by atoms with Crippen molar-refractivity contribution in [2.75, 3.05) is 20.1 Å². The van der Waals surface area contributed by atoms with E-state index in [4.69, 9.17) is 0 Å². The Kier molecular flexibility index (Phi) is 2.03. The second kappa shape index (κ2) is 2.95. The normalized spacial score (nSPS) is 40.4. The lowest BCUT2D eigenvalue weighted by Crippen LogP contribution is -2.39. The summed E-state index contributed by atoms with van der Waals surface area (Å²) < 4.78 is 0. The van der Waals surface area contributed by atoms with Gasteiger partial charge in [-0.05, 0) is 19.0 Å². The number of nitrogens with zero attached hydrogens (tertiary/aromatic N) is 1. The fourth-order valence-electron chi connectivity index (χ4n) is 2.64. The lowest BCUT2D eigenvalue weighted by Gasteiger charge is -2.35. The summed E-state index contributed by atoms with van der Waals surface area (Å²) in [6.45, 7) is 6.44. The Balaban J connectivity index is 2.26. The van der Waals surface area contributed by atoms with Crippen molar-refractivity contribution in [3.05, 3.63) is 11.6 Å². The highest BCUT2D eigenvalue weighted by atomic mass is 16.1. The molecular formula is C11H17NO. The van der Waals surface area contributed by atoms with Crippen LogP contribution in [0, 0.1) is 17.8 Å². The molecule has 72 valence electrons. The molecule has 2 nitrogen and oxygen atoms in total. The molecule has 13 heavy (non-hydrogen) atoms. The molecule has 0 saturated carbocycles. The van der Waals surface area contributed by atoms with Gasteiger partial charge >= 0.3 is 0 Å². The predicted octanol–water partition coefficient (Wildman–Crippen LogP) is 1.33. The molecule has 1 fully saturated rings. The van der Waals surface area contributed by atoms with E-state index in [-0.39, 0.29) is 5.92 Å². The fraction of sp³-hybridized carbons (Fsp3) is 0.727. The molecule has 0 aromatic carbocycles. The van der Waals surface area contributed by atoms with Crippen molar-refractivity contribution in [1.29, 1.82) is 0 Å². The van der Waals surface area contributed by atoms with Crippen LogP contribution in [0.15, 0.2) is 11.6 Å². The maximum atomic E-state index is 11.5. The van der Waals surface area contributed by atoms with Crippen molar-refractivity contribution < 1.29 is 4.79 Å². The molecule has 0 unspecified atom stereocenters. The third kappa shape index (κ3) is 1.33. The van der Waals surface area contributed by atoms with E-state index in [0.29, 0.717) is 17.6 Å². The largest absolute Gasteiger partial charge is 0.305 e. The summed E-state index contributed by atoms with van der Waals surface area (Å²) in [5.74, 6) is 1.63. The molecule has 1 saturated heterocycles. The van der Waals surface area contributed by atoms with Gasteiger partial charge in [0.1, 0.15) is 0 Å². The average molecular weight is 179 g/mol. The molecule has 1 aliphatic carbocycles. The standard InChI is InChI=1S/C11H17NO/c1-7-5-12(3)6-10-8(2)11(13)4-9(7)10/h4,7-8,10H,5-6H2,1-3H3/t7-,8+,10-/m0/s1. The first-order valence-electron chi connectivity index (χ1n) is 5.03. The third-order valence-corrected chi connectivity index (χ3v) is 3.45. The van der Waals surface area contributed by atoms with Crippen molar-refractivity contribution in [2.45, 2.75) is 13.8 Å². The number of likely N-dealkylation sites (tertiary alicyclic amines) is 1. The number of ketones is 1. The molecule has 0 N–H and O–H groups in total. The summed E-state index contributed by atoms with van der Waals surface area (Å²) in [4.78, 5) is 13.8. The van der Waals surface area contributed by atoms with Crippen LogP contribution >= 0.6 is 0 Å². The van der Waals surface area contributed by atoms with Gasteiger partial charge in [-0.25, -0.2) is 0 Å². The zero-order valence-electron chi connectivity index (χ0n) is 8.58. The van der Waals surface area contributed by atoms with E-state index in [1.165, 1.54) is 5.57 Å².